The van der Waals surface area contributed by atoms with Crippen molar-refractivity contribution in [1.29, 1.82) is 0 Å². The first kappa shape index (κ1) is 43.6. The minimum atomic E-state index is -1.07. The molecule has 2 aliphatic heterocycles. The molecular weight excluding hydrogens is 606 g/mol. The van der Waals surface area contributed by atoms with E-state index in [1.165, 1.54) is 135 Å². The molecule has 0 spiro atoms. The molecule has 0 aromatic rings. The van der Waals surface area contributed by atoms with E-state index in [0.717, 1.165) is 32.1 Å². The second-order valence-electron chi connectivity index (χ2n) is 14.6. The number of aliphatic hydroxyl groups excluding tert-OH is 3. The van der Waals surface area contributed by atoms with Crippen molar-refractivity contribution >= 4 is 0 Å². The summed E-state index contributed by atoms with van der Waals surface area (Å²) in [6, 6.07) is -0.663. The number of rotatable bonds is 32. The Balaban J connectivity index is 1.54. The normalized spacial score (nSPS) is 25.5. The average molecular weight is 684 g/mol. The molecular formula is C40H77NO7. The lowest BCUT2D eigenvalue weighted by atomic mass is 9.99. The summed E-state index contributed by atoms with van der Waals surface area (Å²) in [6.45, 7) is 4.27. The molecule has 2 heterocycles. The third kappa shape index (κ3) is 19.1. The van der Waals surface area contributed by atoms with Crippen LogP contribution in [0.15, 0.2) is 12.2 Å². The van der Waals surface area contributed by atoms with Crippen molar-refractivity contribution in [2.24, 2.45) is 5.73 Å². The molecule has 3 unspecified atom stereocenters. The van der Waals surface area contributed by atoms with Crippen molar-refractivity contribution in [3.8, 4) is 0 Å². The number of unbranched alkanes of at least 4 members (excludes halogenated alkanes) is 23. The molecule has 8 heteroatoms. The molecule has 2 rings (SSSR count). The number of hydrogen-bond acceptors (Lipinski definition) is 8. The molecule has 48 heavy (non-hydrogen) atoms. The molecule has 8 nitrogen and oxygen atoms in total. The van der Waals surface area contributed by atoms with Crippen LogP contribution in [0.1, 0.15) is 181 Å². The summed E-state index contributed by atoms with van der Waals surface area (Å²) in [7, 11) is 0. The van der Waals surface area contributed by atoms with Crippen LogP contribution < -0.4 is 5.73 Å². The number of allylic oxidation sites excluding steroid dienone is 1. The maximum atomic E-state index is 11.0. The molecule has 0 aromatic carbocycles. The molecule has 0 aliphatic carbocycles. The van der Waals surface area contributed by atoms with Gasteiger partial charge >= 0.3 is 0 Å². The lowest BCUT2D eigenvalue weighted by Crippen LogP contribution is -2.58. The molecule has 2 saturated heterocycles. The fraction of sp³-hybridized carbons (Fsp3) is 0.950. The van der Waals surface area contributed by atoms with Crippen molar-refractivity contribution in [3.05, 3.63) is 12.2 Å². The van der Waals surface area contributed by atoms with Gasteiger partial charge in [-0.15, -0.1) is 0 Å². The van der Waals surface area contributed by atoms with Gasteiger partial charge in [-0.1, -0.05) is 167 Å². The first-order chi connectivity index (χ1) is 23.5. The highest BCUT2D eigenvalue weighted by atomic mass is 16.8. The Hall–Kier alpha value is -0.580. The van der Waals surface area contributed by atoms with E-state index in [1.807, 2.05) is 6.08 Å². The highest BCUT2D eigenvalue weighted by molar-refractivity contribution is 4.96. The van der Waals surface area contributed by atoms with Gasteiger partial charge in [0.15, 0.2) is 12.6 Å². The van der Waals surface area contributed by atoms with Crippen LogP contribution in [0.3, 0.4) is 0 Å². The van der Waals surface area contributed by atoms with Gasteiger partial charge in [-0.05, 0) is 25.7 Å². The van der Waals surface area contributed by atoms with E-state index in [-0.39, 0.29) is 13.2 Å². The Labute approximate surface area is 294 Å². The highest BCUT2D eigenvalue weighted by Crippen LogP contribution is 2.34. The molecule has 2 fully saturated rings. The van der Waals surface area contributed by atoms with E-state index < -0.39 is 49.1 Å². The second kappa shape index (κ2) is 29.0. The lowest BCUT2D eigenvalue weighted by Gasteiger charge is -2.39. The van der Waals surface area contributed by atoms with Crippen LogP contribution in [0.5, 0.6) is 0 Å². The van der Waals surface area contributed by atoms with Crippen LogP contribution in [0.4, 0.5) is 0 Å². The van der Waals surface area contributed by atoms with Crippen molar-refractivity contribution in [1.82, 2.24) is 0 Å². The van der Waals surface area contributed by atoms with Gasteiger partial charge in [0.2, 0.25) is 0 Å². The topological polar surface area (TPSA) is 124 Å². The van der Waals surface area contributed by atoms with Crippen LogP contribution in [0, 0.1) is 0 Å². The van der Waals surface area contributed by atoms with Gasteiger partial charge < -0.3 is 40.0 Å². The molecule has 5 N–H and O–H groups in total. The Kier molecular flexibility index (Phi) is 26.4. The van der Waals surface area contributed by atoms with E-state index in [1.54, 1.807) is 6.08 Å². The van der Waals surface area contributed by atoms with E-state index in [4.69, 9.17) is 24.7 Å². The summed E-state index contributed by atoms with van der Waals surface area (Å²) in [5.41, 5.74) is 6.19. The van der Waals surface area contributed by atoms with Crippen LogP contribution in [0.2, 0.25) is 0 Å². The maximum Gasteiger partial charge on any atom is 0.186 e. The maximum absolute atomic E-state index is 11.0. The average Bonchev–Trinajstić information content (AvgIpc) is 3.53. The predicted octanol–water partition coefficient (Wildman–Crippen LogP) is 8.62. The van der Waals surface area contributed by atoms with Crippen LogP contribution in [-0.4, -0.2) is 77.7 Å². The fourth-order valence-electron chi connectivity index (χ4n) is 6.96. The second-order valence-corrected chi connectivity index (χ2v) is 14.6. The number of ether oxygens (including phenoxy) is 4. The summed E-state index contributed by atoms with van der Waals surface area (Å²) < 4.78 is 23.9. The SMILES string of the molecule is CCCCCCCCCCCCC/C=C/[C@@H](O)[C@@H](N)CO[C@@H]1O[C@H](CO)C2OC(CCCCCCCCCCCCCCC)OC2[C@H]1O. The molecule has 2 aliphatic rings. The fourth-order valence-corrected chi connectivity index (χ4v) is 6.96. The summed E-state index contributed by atoms with van der Waals surface area (Å²) in [5, 5.41) is 31.5. The summed E-state index contributed by atoms with van der Waals surface area (Å²) >= 11 is 0. The van der Waals surface area contributed by atoms with Crippen molar-refractivity contribution in [2.45, 2.75) is 230 Å². The van der Waals surface area contributed by atoms with Crippen LogP contribution in [0.25, 0.3) is 0 Å². The number of aliphatic hydroxyl groups is 3. The van der Waals surface area contributed by atoms with Crippen LogP contribution >= 0.6 is 0 Å². The summed E-state index contributed by atoms with van der Waals surface area (Å²) in [5.74, 6) is 0. The molecule has 0 aromatic heterocycles. The zero-order chi connectivity index (χ0) is 34.7. The van der Waals surface area contributed by atoms with Gasteiger partial charge in [0.1, 0.15) is 24.4 Å². The minimum absolute atomic E-state index is 0.00442. The summed E-state index contributed by atoms with van der Waals surface area (Å²) in [4.78, 5) is 0. The van der Waals surface area contributed by atoms with Gasteiger partial charge in [0.25, 0.3) is 0 Å². The monoisotopic (exact) mass is 684 g/mol. The Morgan fingerprint density at radius 3 is 1.60 bits per heavy atom. The van der Waals surface area contributed by atoms with E-state index in [2.05, 4.69) is 13.8 Å². The Morgan fingerprint density at radius 2 is 1.10 bits per heavy atom. The van der Waals surface area contributed by atoms with E-state index in [0.29, 0.717) is 0 Å². The lowest BCUT2D eigenvalue weighted by molar-refractivity contribution is -0.283. The molecule has 8 atom stereocenters. The third-order valence-corrected chi connectivity index (χ3v) is 10.2. The smallest absolute Gasteiger partial charge is 0.186 e. The summed E-state index contributed by atoms with van der Waals surface area (Å²) in [6.07, 6.45) is 31.5. The first-order valence-electron chi connectivity index (χ1n) is 20.5. The number of nitrogens with two attached hydrogens (primary N) is 1. The Bertz CT molecular complexity index is 755. The van der Waals surface area contributed by atoms with Gasteiger partial charge in [-0.3, -0.25) is 0 Å². The van der Waals surface area contributed by atoms with Gasteiger partial charge in [-0.2, -0.15) is 0 Å². The van der Waals surface area contributed by atoms with Crippen molar-refractivity contribution in [3.63, 3.8) is 0 Å². The highest BCUT2D eigenvalue weighted by Gasteiger charge is 2.52. The van der Waals surface area contributed by atoms with E-state index in [9.17, 15) is 15.3 Å². The van der Waals surface area contributed by atoms with Gasteiger partial charge in [-0.25, -0.2) is 0 Å². The first-order valence-corrected chi connectivity index (χ1v) is 20.5. The quantitative estimate of drug-likeness (QED) is 0.0411. The zero-order valence-corrected chi connectivity index (χ0v) is 31.1. The third-order valence-electron chi connectivity index (χ3n) is 10.2. The molecule has 284 valence electrons. The molecule has 0 bridgehead atoms. The Morgan fingerprint density at radius 1 is 0.646 bits per heavy atom. The van der Waals surface area contributed by atoms with Crippen LogP contribution in [-0.2, 0) is 18.9 Å². The van der Waals surface area contributed by atoms with Crippen molar-refractivity contribution < 1.29 is 34.3 Å². The number of hydrogen-bond donors (Lipinski definition) is 4. The molecule has 0 saturated carbocycles. The molecule has 0 amide bonds. The van der Waals surface area contributed by atoms with Gasteiger partial charge in [0.05, 0.1) is 25.4 Å². The van der Waals surface area contributed by atoms with Gasteiger partial charge in [0, 0.05) is 0 Å². The van der Waals surface area contributed by atoms with Crippen molar-refractivity contribution in [2.75, 3.05) is 13.2 Å². The predicted molar refractivity (Wildman–Crippen MR) is 196 cm³/mol. The minimum Gasteiger partial charge on any atom is -0.394 e. The largest absolute Gasteiger partial charge is 0.394 e. The number of fused-ring (bicyclic) bond motifs is 1. The zero-order valence-electron chi connectivity index (χ0n) is 31.1. The molecule has 0 radical (unpaired) electrons. The van der Waals surface area contributed by atoms with E-state index >= 15 is 0 Å². The standard InChI is InChI=1S/C40H77NO7/c1-3-5-7-9-11-13-15-17-19-21-23-25-27-29-34(43)33(41)32-45-40-37(44)39-38(35(31-42)46-40)47-36(48-39)30-28-26-24-22-20-18-16-14-12-10-8-6-4-2/h27,29,33-40,42-44H,3-26,28,30-32,41H2,1-2H3/b29-27+/t33-,34+,35+,36?,37+,38?,39?,40+/m0/s1.